The fourth-order valence-electron chi connectivity index (χ4n) is 5.94. The molecule has 248 valence electrons. The zero-order chi connectivity index (χ0) is 35.6. The summed E-state index contributed by atoms with van der Waals surface area (Å²) in [5.74, 6) is 0.120. The van der Waals surface area contributed by atoms with Crippen LogP contribution in [0.2, 0.25) is 0 Å². The zero-order valence-corrected chi connectivity index (χ0v) is 27.8. The molecule has 49 heavy (non-hydrogen) atoms. The molecule has 4 N–H and O–H groups in total. The van der Waals surface area contributed by atoms with Crippen LogP contribution < -0.4 is 5.11 Å². The minimum Gasteiger partial charge on any atom is -0.867 e. The third-order valence-electron chi connectivity index (χ3n) is 8.99. The van der Waals surface area contributed by atoms with Crippen molar-refractivity contribution in [2.24, 2.45) is 0 Å². The van der Waals surface area contributed by atoms with Crippen LogP contribution >= 0.6 is 0 Å². The first-order valence-corrected chi connectivity index (χ1v) is 16.6. The maximum absolute atomic E-state index is 11.7. The van der Waals surface area contributed by atoms with E-state index in [1.165, 1.54) is 23.8 Å². The van der Waals surface area contributed by atoms with Crippen molar-refractivity contribution in [3.63, 3.8) is 0 Å². The second-order valence-electron chi connectivity index (χ2n) is 12.3. The van der Waals surface area contributed by atoms with E-state index in [4.69, 9.17) is 9.95 Å². The van der Waals surface area contributed by atoms with E-state index >= 15 is 0 Å². The van der Waals surface area contributed by atoms with Crippen LogP contribution in [-0.2, 0) is 20.9 Å². The SMILES string of the molecule is CC(C)(c1ccc(O)cc1)c1ccc(C(C)(c2ccc(O)cc2)c2ccc(O)cc2)cc1.N#[N+]c1cc(S(=O)(=O)O)c2ccccc2c1[O-]. The molecule has 0 saturated carbocycles. The molecule has 0 fully saturated rings. The molecule has 6 aromatic rings. The molecule has 6 rings (SSSR count). The van der Waals surface area contributed by atoms with Crippen LogP contribution in [0.5, 0.6) is 23.0 Å². The van der Waals surface area contributed by atoms with Gasteiger partial charge in [0.1, 0.15) is 22.1 Å². The number of phenols is 3. The Morgan fingerprint density at radius 1 is 0.592 bits per heavy atom. The fraction of sp³-hybridized carbons (Fsp3) is 0.128. The summed E-state index contributed by atoms with van der Waals surface area (Å²) < 4.78 is 31.4. The van der Waals surface area contributed by atoms with Crippen molar-refractivity contribution in [1.82, 2.24) is 0 Å². The summed E-state index contributed by atoms with van der Waals surface area (Å²) in [6, 6.07) is 37.2. The van der Waals surface area contributed by atoms with Gasteiger partial charge in [0.15, 0.2) is 4.98 Å². The molecule has 0 aliphatic heterocycles. The number of diazo groups is 1. The van der Waals surface area contributed by atoms with Gasteiger partial charge in [-0.25, -0.2) is 0 Å². The second kappa shape index (κ2) is 13.3. The summed E-state index contributed by atoms with van der Waals surface area (Å²) in [7, 11) is -4.49. The predicted octanol–water partition coefficient (Wildman–Crippen LogP) is 8.13. The van der Waals surface area contributed by atoms with E-state index in [-0.39, 0.29) is 33.4 Å². The molecule has 0 amide bonds. The number of aromatic hydroxyl groups is 3. The molecule has 0 unspecified atom stereocenters. The summed E-state index contributed by atoms with van der Waals surface area (Å²) in [5.41, 5.74) is 4.38. The highest BCUT2D eigenvalue weighted by Crippen LogP contribution is 2.41. The standard InChI is InChI=1S/C29H28O3.C10H6N2O4S/c1-28(2,21-8-14-25(30)15-9-21)20-4-6-22(7-5-20)29(3,23-10-16-26(31)17-11-23)24-12-18-27(32)19-13-24;11-12-8-5-9(17(14,15)16)6-3-1-2-4-7(6)10(8)13/h4-19,30-32H,1-3H3;1-5H,(H-,13,14,15,16). The summed E-state index contributed by atoms with van der Waals surface area (Å²) >= 11 is 0. The van der Waals surface area contributed by atoms with Crippen LogP contribution in [0.25, 0.3) is 15.7 Å². The number of nitrogens with zero attached hydrogens (tertiary/aromatic N) is 2. The minimum absolute atomic E-state index is 0.0652. The largest absolute Gasteiger partial charge is 0.867 e. The van der Waals surface area contributed by atoms with Gasteiger partial charge in [-0.05, 0) is 82.3 Å². The number of hydrogen-bond acceptors (Lipinski definition) is 7. The van der Waals surface area contributed by atoms with Gasteiger partial charge >= 0.3 is 5.69 Å². The number of benzene rings is 6. The Balaban J connectivity index is 0.000000232. The van der Waals surface area contributed by atoms with Gasteiger partial charge in [0.05, 0.1) is 6.07 Å². The van der Waals surface area contributed by atoms with E-state index in [0.29, 0.717) is 0 Å². The van der Waals surface area contributed by atoms with E-state index < -0.39 is 31.9 Å². The first-order valence-electron chi connectivity index (χ1n) is 15.2. The molecule has 0 radical (unpaired) electrons. The van der Waals surface area contributed by atoms with E-state index in [9.17, 15) is 28.8 Å². The van der Waals surface area contributed by atoms with Gasteiger partial charge in [-0.1, -0.05) is 98.8 Å². The Morgan fingerprint density at radius 3 is 1.33 bits per heavy atom. The van der Waals surface area contributed by atoms with Gasteiger partial charge in [0, 0.05) is 16.2 Å². The summed E-state index contributed by atoms with van der Waals surface area (Å²) in [5, 5.41) is 49.7. The molecule has 0 spiro atoms. The zero-order valence-electron chi connectivity index (χ0n) is 26.9. The number of hydrogen-bond donors (Lipinski definition) is 4. The van der Waals surface area contributed by atoms with Crippen LogP contribution in [-0.4, -0.2) is 28.3 Å². The maximum Gasteiger partial charge on any atom is 0.379 e. The maximum atomic E-state index is 11.7. The molecule has 0 bridgehead atoms. The molecule has 0 atom stereocenters. The molecule has 0 saturated heterocycles. The van der Waals surface area contributed by atoms with E-state index in [2.05, 4.69) is 50.0 Å². The lowest BCUT2D eigenvalue weighted by molar-refractivity contribution is -0.264. The predicted molar refractivity (Wildman–Crippen MR) is 186 cm³/mol. The highest BCUT2D eigenvalue weighted by Gasteiger charge is 2.32. The van der Waals surface area contributed by atoms with Gasteiger partial charge in [0.25, 0.3) is 10.1 Å². The Morgan fingerprint density at radius 2 is 0.939 bits per heavy atom. The van der Waals surface area contributed by atoms with Gasteiger partial charge in [0.2, 0.25) is 5.39 Å². The topological polar surface area (TPSA) is 166 Å². The molecule has 0 aliphatic rings. The van der Waals surface area contributed by atoms with Crippen LogP contribution in [0.1, 0.15) is 48.6 Å². The number of fused-ring (bicyclic) bond motifs is 1. The molecule has 6 aromatic carbocycles. The molecule has 0 aliphatic carbocycles. The molecule has 0 aromatic heterocycles. The van der Waals surface area contributed by atoms with E-state index in [0.717, 1.165) is 28.3 Å². The molecule has 9 nitrogen and oxygen atoms in total. The van der Waals surface area contributed by atoms with Gasteiger partial charge in [-0.3, -0.25) is 4.55 Å². The lowest BCUT2D eigenvalue weighted by Crippen LogP contribution is -2.26. The van der Waals surface area contributed by atoms with Crippen molar-refractivity contribution in [1.29, 1.82) is 5.39 Å². The quantitative estimate of drug-likeness (QED) is 0.0781. The average molecular weight is 675 g/mol. The van der Waals surface area contributed by atoms with Crippen LogP contribution in [0.4, 0.5) is 5.69 Å². The number of phenolic OH excluding ortho intramolecular Hbond substituents is 3. The van der Waals surface area contributed by atoms with E-state index in [1.807, 2.05) is 36.4 Å². The van der Waals surface area contributed by atoms with Crippen molar-refractivity contribution < 1.29 is 33.4 Å². The highest BCUT2D eigenvalue weighted by atomic mass is 32.2. The van der Waals surface area contributed by atoms with E-state index in [1.54, 1.807) is 42.5 Å². The van der Waals surface area contributed by atoms with Crippen molar-refractivity contribution in [3.05, 3.63) is 160 Å². The van der Waals surface area contributed by atoms with Gasteiger partial charge < -0.3 is 20.4 Å². The number of rotatable bonds is 6. The third kappa shape index (κ3) is 6.90. The smallest absolute Gasteiger partial charge is 0.379 e. The molecule has 0 heterocycles. The van der Waals surface area contributed by atoms with Crippen molar-refractivity contribution in [2.75, 3.05) is 0 Å². The second-order valence-corrected chi connectivity index (χ2v) is 13.7. The third-order valence-corrected chi connectivity index (χ3v) is 9.88. The minimum atomic E-state index is -4.49. The first-order chi connectivity index (χ1) is 23.2. The summed E-state index contributed by atoms with van der Waals surface area (Å²) in [4.78, 5) is 2.25. The lowest BCUT2D eigenvalue weighted by atomic mass is 9.70. The Bertz CT molecular complexity index is 2210. The first kappa shape index (κ1) is 34.4. The monoisotopic (exact) mass is 674 g/mol. The molecular weight excluding hydrogens is 641 g/mol. The average Bonchev–Trinajstić information content (AvgIpc) is 3.09. The Labute approximate surface area is 284 Å². The normalized spacial score (nSPS) is 11.7. The Hall–Kier alpha value is -5.89. The molecule has 10 heteroatoms. The molecular formula is C39H34N2O7S. The fourth-order valence-corrected chi connectivity index (χ4v) is 6.66. The Kier molecular flexibility index (Phi) is 9.36. The highest BCUT2D eigenvalue weighted by molar-refractivity contribution is 7.86. The van der Waals surface area contributed by atoms with Crippen LogP contribution in [0.3, 0.4) is 0 Å². The van der Waals surface area contributed by atoms with Gasteiger partial charge in [-0.2, -0.15) is 8.42 Å². The van der Waals surface area contributed by atoms with Crippen LogP contribution in [0.15, 0.2) is 132 Å². The van der Waals surface area contributed by atoms with Crippen molar-refractivity contribution in [2.45, 2.75) is 36.5 Å². The van der Waals surface area contributed by atoms with Gasteiger partial charge in [-0.15, -0.1) is 0 Å². The van der Waals surface area contributed by atoms with Crippen molar-refractivity contribution >= 4 is 26.6 Å². The summed E-state index contributed by atoms with van der Waals surface area (Å²) in [6.07, 6.45) is 0. The summed E-state index contributed by atoms with van der Waals surface area (Å²) in [6.45, 7) is 6.51. The lowest BCUT2D eigenvalue weighted by Gasteiger charge is -2.33. The van der Waals surface area contributed by atoms with Crippen molar-refractivity contribution in [3.8, 4) is 23.0 Å². The van der Waals surface area contributed by atoms with Crippen LogP contribution in [0, 0.1) is 5.39 Å².